The van der Waals surface area contributed by atoms with E-state index in [1.54, 1.807) is 0 Å². The molecule has 2 aromatic carbocycles. The van der Waals surface area contributed by atoms with E-state index in [1.165, 1.54) is 0 Å². The van der Waals surface area contributed by atoms with Crippen molar-refractivity contribution in [2.75, 3.05) is 0 Å². The molecule has 0 bridgehead atoms. The van der Waals surface area contributed by atoms with Crippen molar-refractivity contribution in [1.29, 1.82) is 0 Å². The number of aliphatic hydroxyl groups is 1. The van der Waals surface area contributed by atoms with E-state index in [9.17, 15) is 5.11 Å². The molecule has 0 amide bonds. The highest BCUT2D eigenvalue weighted by Gasteiger charge is 2.47. The number of aliphatic hydroxyl groups excluding tert-OH is 1. The first-order chi connectivity index (χ1) is 14.1. The van der Waals surface area contributed by atoms with E-state index in [0.717, 1.165) is 22.4 Å². The van der Waals surface area contributed by atoms with Gasteiger partial charge in [-0.25, -0.2) is 0 Å². The van der Waals surface area contributed by atoms with Crippen LogP contribution >= 0.6 is 11.6 Å². The Morgan fingerprint density at radius 2 is 1.53 bits per heavy atom. The zero-order chi connectivity index (χ0) is 22.2. The fraction of sp³-hybridized carbons (Fsp3) is 0.440. The van der Waals surface area contributed by atoms with E-state index < -0.39 is 14.6 Å². The Hall–Kier alpha value is -1.75. The topological polar surface area (TPSA) is 38.7 Å². The van der Waals surface area contributed by atoms with Gasteiger partial charge in [0.15, 0.2) is 0 Å². The predicted octanol–water partition coefficient (Wildman–Crippen LogP) is 7.54. The van der Waals surface area contributed by atoms with Crippen molar-refractivity contribution < 1.29 is 14.3 Å². The Morgan fingerprint density at radius 3 is 2.10 bits per heavy atom. The lowest BCUT2D eigenvalue weighted by Gasteiger charge is -2.42. The lowest BCUT2D eigenvalue weighted by Crippen LogP contribution is -2.50. The van der Waals surface area contributed by atoms with Crippen LogP contribution in [0.15, 0.2) is 42.5 Å². The van der Waals surface area contributed by atoms with E-state index in [1.807, 2.05) is 49.4 Å². The van der Waals surface area contributed by atoms with Gasteiger partial charge in [0.2, 0.25) is 6.29 Å². The molecule has 0 radical (unpaired) electrons. The summed E-state index contributed by atoms with van der Waals surface area (Å²) in [6, 6.07) is 13.5. The fourth-order valence-electron chi connectivity index (χ4n) is 5.06. The van der Waals surface area contributed by atoms with Gasteiger partial charge in [-0.1, -0.05) is 71.3 Å². The zero-order valence-electron chi connectivity index (χ0n) is 19.0. The van der Waals surface area contributed by atoms with Gasteiger partial charge in [-0.15, -0.1) is 0 Å². The SMILES string of the molecule is CC1=C(c2ccccc2Cl)C(O)Oc2cc(O[Si](C(C)C)(C(C)C)C(C)C)ccc21. The van der Waals surface area contributed by atoms with Crippen LogP contribution in [0.3, 0.4) is 0 Å². The third-order valence-electron chi connectivity index (χ3n) is 6.41. The second-order valence-corrected chi connectivity index (χ2v) is 14.8. The van der Waals surface area contributed by atoms with Crippen LogP contribution in [0.5, 0.6) is 11.5 Å². The van der Waals surface area contributed by atoms with Crippen molar-refractivity contribution in [3.63, 3.8) is 0 Å². The molecule has 5 heteroatoms. The van der Waals surface area contributed by atoms with E-state index in [-0.39, 0.29) is 0 Å². The molecule has 1 aliphatic heterocycles. The molecule has 0 aliphatic carbocycles. The first-order valence-corrected chi connectivity index (χ1v) is 13.2. The van der Waals surface area contributed by atoms with Crippen LogP contribution in [0.4, 0.5) is 0 Å². The highest BCUT2D eigenvalue weighted by atomic mass is 35.5. The van der Waals surface area contributed by atoms with E-state index in [2.05, 4.69) is 41.5 Å². The standard InChI is InChI=1S/C25H33ClO3Si/c1-15(2)30(16(3)4,17(5)6)29-19-12-13-20-18(7)24(25(27)28-23(20)14-19)21-10-8-9-11-22(21)26/h8-17,25,27H,1-7H3. The predicted molar refractivity (Wildman–Crippen MR) is 129 cm³/mol. The summed E-state index contributed by atoms with van der Waals surface area (Å²) < 4.78 is 12.7. The summed E-state index contributed by atoms with van der Waals surface area (Å²) in [5.41, 5.74) is 4.85. The lowest BCUT2D eigenvalue weighted by molar-refractivity contribution is 0.0314. The van der Waals surface area contributed by atoms with Crippen molar-refractivity contribution in [2.24, 2.45) is 0 Å². The molecule has 1 heterocycles. The van der Waals surface area contributed by atoms with Crippen molar-refractivity contribution in [2.45, 2.75) is 71.4 Å². The van der Waals surface area contributed by atoms with E-state index in [0.29, 0.717) is 33.0 Å². The van der Waals surface area contributed by atoms with Gasteiger partial charge in [-0.2, -0.15) is 0 Å². The number of rotatable bonds is 6. The second-order valence-electron chi connectivity index (χ2n) is 9.07. The number of hydrogen-bond acceptors (Lipinski definition) is 3. The first-order valence-electron chi connectivity index (χ1n) is 10.7. The van der Waals surface area contributed by atoms with Gasteiger partial charge in [0, 0.05) is 27.8 Å². The van der Waals surface area contributed by atoms with E-state index in [4.69, 9.17) is 20.8 Å². The number of ether oxygens (including phenoxy) is 1. The van der Waals surface area contributed by atoms with Gasteiger partial charge in [0.05, 0.1) is 0 Å². The molecular formula is C25H33ClO3Si. The number of allylic oxidation sites excluding steroid dienone is 1. The summed E-state index contributed by atoms with van der Waals surface area (Å²) in [6.07, 6.45) is -1.07. The average molecular weight is 445 g/mol. The van der Waals surface area contributed by atoms with Gasteiger partial charge < -0.3 is 14.3 Å². The summed E-state index contributed by atoms with van der Waals surface area (Å²) in [6.45, 7) is 15.6. The maximum atomic E-state index is 10.8. The van der Waals surface area contributed by atoms with Gasteiger partial charge in [0.25, 0.3) is 8.32 Å². The summed E-state index contributed by atoms with van der Waals surface area (Å²) in [5, 5.41) is 11.4. The molecule has 3 rings (SSSR count). The zero-order valence-corrected chi connectivity index (χ0v) is 20.7. The molecule has 0 saturated heterocycles. The van der Waals surface area contributed by atoms with Crippen LogP contribution in [-0.4, -0.2) is 19.7 Å². The monoisotopic (exact) mass is 444 g/mol. The first kappa shape index (κ1) is 22.9. The molecule has 1 N–H and O–H groups in total. The van der Waals surface area contributed by atoms with E-state index >= 15 is 0 Å². The average Bonchev–Trinajstić information content (AvgIpc) is 2.66. The number of hydrogen-bond donors (Lipinski definition) is 1. The largest absolute Gasteiger partial charge is 0.543 e. The molecule has 0 saturated carbocycles. The maximum absolute atomic E-state index is 10.8. The van der Waals surface area contributed by atoms with Crippen LogP contribution in [0.2, 0.25) is 21.6 Å². The summed E-state index contributed by atoms with van der Waals surface area (Å²) in [4.78, 5) is 0. The normalized spacial score (nSPS) is 16.9. The third kappa shape index (κ3) is 3.93. The summed E-state index contributed by atoms with van der Waals surface area (Å²) >= 11 is 6.39. The van der Waals surface area contributed by atoms with Crippen LogP contribution in [0, 0.1) is 0 Å². The highest BCUT2D eigenvalue weighted by molar-refractivity contribution is 6.78. The number of benzene rings is 2. The fourth-order valence-corrected chi connectivity index (χ4v) is 10.5. The molecule has 30 heavy (non-hydrogen) atoms. The van der Waals surface area contributed by atoms with Gasteiger partial charge >= 0.3 is 0 Å². The summed E-state index contributed by atoms with van der Waals surface area (Å²) in [5.74, 6) is 1.46. The van der Waals surface area contributed by atoms with Gasteiger partial charge in [-0.3, -0.25) is 0 Å². The molecule has 0 spiro atoms. The molecular weight excluding hydrogens is 412 g/mol. The smallest absolute Gasteiger partial charge is 0.258 e. The Kier molecular flexibility index (Phi) is 6.71. The molecule has 1 atom stereocenters. The van der Waals surface area contributed by atoms with Crippen LogP contribution in [0.1, 0.15) is 59.6 Å². The minimum Gasteiger partial charge on any atom is -0.543 e. The van der Waals surface area contributed by atoms with Crippen LogP contribution in [0.25, 0.3) is 11.1 Å². The minimum atomic E-state index is -2.07. The van der Waals surface area contributed by atoms with Crippen molar-refractivity contribution in [3.8, 4) is 11.5 Å². The number of halogens is 1. The quantitative estimate of drug-likeness (QED) is 0.467. The summed E-state index contributed by atoms with van der Waals surface area (Å²) in [7, 11) is -2.07. The molecule has 0 aromatic heterocycles. The molecule has 3 nitrogen and oxygen atoms in total. The molecule has 0 fully saturated rings. The Bertz CT molecular complexity index is 927. The Labute approximate surface area is 186 Å². The molecule has 1 unspecified atom stereocenters. The lowest BCUT2D eigenvalue weighted by atomic mass is 9.92. The van der Waals surface area contributed by atoms with Crippen molar-refractivity contribution >= 4 is 31.1 Å². The molecule has 162 valence electrons. The second kappa shape index (κ2) is 8.78. The third-order valence-corrected chi connectivity index (χ3v) is 12.7. The van der Waals surface area contributed by atoms with Gasteiger partial charge in [0.1, 0.15) is 11.5 Å². The molecule has 2 aromatic rings. The van der Waals surface area contributed by atoms with Crippen molar-refractivity contribution in [3.05, 3.63) is 58.6 Å². The van der Waals surface area contributed by atoms with Crippen LogP contribution in [-0.2, 0) is 0 Å². The Balaban J connectivity index is 2.04. The minimum absolute atomic E-state index is 0.480. The number of fused-ring (bicyclic) bond motifs is 1. The van der Waals surface area contributed by atoms with Gasteiger partial charge in [-0.05, 0) is 47.3 Å². The van der Waals surface area contributed by atoms with Crippen LogP contribution < -0.4 is 9.16 Å². The Morgan fingerprint density at radius 1 is 0.933 bits per heavy atom. The maximum Gasteiger partial charge on any atom is 0.258 e. The highest BCUT2D eigenvalue weighted by Crippen LogP contribution is 2.46. The van der Waals surface area contributed by atoms with Crippen molar-refractivity contribution in [1.82, 2.24) is 0 Å². The molecule has 1 aliphatic rings.